The van der Waals surface area contributed by atoms with Gasteiger partial charge in [-0.15, -0.1) is 0 Å². The standard InChI is InChI=1S/C37H42N6O7S/c1-22(2)32-17-31-35(50-32)39-20-28(40-31)19-38-27(15-25-11-13-48-14-12-25)21-49-33-18-30(34-23(3)7-5-8-24(34)4)41-37(42-33)43-51(46,47)29-10-6-9-26(16-29)36(44)45/h5-10,16-18,20,22,25,27,38H,11-15,19,21H2,1-4H3,(H,44,45)(H,41,42,43)/t27-/m1/s1. The molecule has 0 unspecified atom stereocenters. The van der Waals surface area contributed by atoms with Gasteiger partial charge in [-0.25, -0.2) is 32.9 Å². The van der Waals surface area contributed by atoms with Crippen molar-refractivity contribution in [2.45, 2.75) is 70.4 Å². The number of anilines is 1. The maximum Gasteiger partial charge on any atom is 0.335 e. The molecule has 0 aliphatic carbocycles. The van der Waals surface area contributed by atoms with Crippen LogP contribution in [0.5, 0.6) is 5.88 Å². The predicted octanol–water partition coefficient (Wildman–Crippen LogP) is 6.27. The second-order valence-corrected chi connectivity index (χ2v) is 14.8. The Labute approximate surface area is 296 Å². The molecule has 14 heteroatoms. The number of aromatic carboxylic acids is 1. The lowest BCUT2D eigenvalue weighted by Gasteiger charge is -2.27. The van der Waals surface area contributed by atoms with Crippen molar-refractivity contribution in [3.05, 3.63) is 88.9 Å². The third-order valence-corrected chi connectivity index (χ3v) is 10.2. The van der Waals surface area contributed by atoms with Gasteiger partial charge < -0.3 is 24.3 Å². The van der Waals surface area contributed by atoms with E-state index in [9.17, 15) is 18.3 Å². The predicted molar refractivity (Wildman–Crippen MR) is 191 cm³/mol. The van der Waals surface area contributed by atoms with Crippen LogP contribution in [0.25, 0.3) is 22.5 Å². The average Bonchev–Trinajstić information content (AvgIpc) is 3.54. The number of furan rings is 1. The molecule has 6 rings (SSSR count). The summed E-state index contributed by atoms with van der Waals surface area (Å²) in [6.45, 7) is 10.1. The molecule has 0 bridgehead atoms. The lowest BCUT2D eigenvalue weighted by atomic mass is 9.92. The Morgan fingerprint density at radius 1 is 1.02 bits per heavy atom. The van der Waals surface area contributed by atoms with Gasteiger partial charge in [-0.05, 0) is 68.4 Å². The van der Waals surface area contributed by atoms with Gasteiger partial charge in [0.2, 0.25) is 17.5 Å². The van der Waals surface area contributed by atoms with Crippen LogP contribution in [0.3, 0.4) is 0 Å². The van der Waals surface area contributed by atoms with Gasteiger partial charge in [-0.2, -0.15) is 4.98 Å². The summed E-state index contributed by atoms with van der Waals surface area (Å²) < 4.78 is 47.1. The number of benzene rings is 2. The fourth-order valence-corrected chi connectivity index (χ4v) is 7.13. The largest absolute Gasteiger partial charge is 0.478 e. The smallest absolute Gasteiger partial charge is 0.335 e. The highest BCUT2D eigenvalue weighted by molar-refractivity contribution is 7.92. The summed E-state index contributed by atoms with van der Waals surface area (Å²) in [6.07, 6.45) is 4.41. The number of nitrogens with zero attached hydrogens (tertiary/aromatic N) is 4. The summed E-state index contributed by atoms with van der Waals surface area (Å²) >= 11 is 0. The van der Waals surface area contributed by atoms with Crippen LogP contribution in [-0.4, -0.2) is 65.3 Å². The quantitative estimate of drug-likeness (QED) is 0.118. The van der Waals surface area contributed by atoms with Gasteiger partial charge in [-0.3, -0.25) is 0 Å². The Hall–Kier alpha value is -4.92. The molecule has 0 spiro atoms. The number of nitrogens with one attached hydrogen (secondary N) is 2. The van der Waals surface area contributed by atoms with E-state index in [0.717, 1.165) is 53.5 Å². The van der Waals surface area contributed by atoms with Crippen LogP contribution in [-0.2, 0) is 21.3 Å². The molecule has 1 fully saturated rings. The molecule has 1 aliphatic heterocycles. The van der Waals surface area contributed by atoms with E-state index in [-0.39, 0.29) is 40.9 Å². The van der Waals surface area contributed by atoms with Crippen molar-refractivity contribution in [1.82, 2.24) is 25.3 Å². The van der Waals surface area contributed by atoms with Gasteiger partial charge in [0.05, 0.1) is 28.0 Å². The Morgan fingerprint density at radius 2 is 1.76 bits per heavy atom. The van der Waals surface area contributed by atoms with Gasteiger partial charge in [0.15, 0.2) is 0 Å². The fourth-order valence-electron chi connectivity index (χ4n) is 6.15. The Morgan fingerprint density at radius 3 is 2.49 bits per heavy atom. The monoisotopic (exact) mass is 714 g/mol. The number of sulfonamides is 1. The summed E-state index contributed by atoms with van der Waals surface area (Å²) in [5.74, 6) is 0.217. The molecule has 1 aliphatic rings. The molecule has 0 radical (unpaired) electrons. The number of carboxylic acids is 1. The van der Waals surface area contributed by atoms with Crippen molar-refractivity contribution in [3.8, 4) is 17.1 Å². The van der Waals surface area contributed by atoms with E-state index >= 15 is 0 Å². The molecular formula is C37H42N6O7S. The zero-order valence-corrected chi connectivity index (χ0v) is 29.9. The fraction of sp³-hybridized carbons (Fsp3) is 0.378. The van der Waals surface area contributed by atoms with Crippen molar-refractivity contribution in [2.75, 3.05) is 24.5 Å². The van der Waals surface area contributed by atoms with E-state index in [1.165, 1.54) is 18.2 Å². The van der Waals surface area contributed by atoms with E-state index in [4.69, 9.17) is 18.9 Å². The highest BCUT2D eigenvalue weighted by atomic mass is 32.2. The molecular weight excluding hydrogens is 673 g/mol. The Balaban J connectivity index is 1.27. The number of carbonyl (C=O) groups is 1. The van der Waals surface area contributed by atoms with Crippen molar-refractivity contribution in [2.24, 2.45) is 5.92 Å². The lowest BCUT2D eigenvalue weighted by molar-refractivity contribution is 0.0579. The molecule has 1 saturated heterocycles. The van der Waals surface area contributed by atoms with E-state index < -0.39 is 16.0 Å². The average molecular weight is 715 g/mol. The highest BCUT2D eigenvalue weighted by Gasteiger charge is 2.23. The molecule has 0 amide bonds. The molecule has 5 aromatic rings. The van der Waals surface area contributed by atoms with Crippen molar-refractivity contribution >= 4 is 33.2 Å². The summed E-state index contributed by atoms with van der Waals surface area (Å²) in [4.78, 5) is 29.6. The molecule has 0 saturated carbocycles. The van der Waals surface area contributed by atoms with Gasteiger partial charge >= 0.3 is 5.97 Å². The van der Waals surface area contributed by atoms with E-state index in [2.05, 4.69) is 38.8 Å². The molecule has 2 aromatic carbocycles. The second kappa shape index (κ2) is 15.5. The van der Waals surface area contributed by atoms with Gasteiger partial charge in [-0.1, -0.05) is 38.1 Å². The summed E-state index contributed by atoms with van der Waals surface area (Å²) in [6, 6.07) is 14.4. The van der Waals surface area contributed by atoms with Crippen LogP contribution in [0.15, 0.2) is 70.1 Å². The summed E-state index contributed by atoms with van der Waals surface area (Å²) in [5.41, 5.74) is 5.00. The second-order valence-electron chi connectivity index (χ2n) is 13.2. The number of carboxylic acid groups (broad SMARTS) is 1. The maximum absolute atomic E-state index is 13.4. The zero-order valence-electron chi connectivity index (χ0n) is 29.0. The normalized spacial score (nSPS) is 14.5. The number of rotatable bonds is 14. The zero-order chi connectivity index (χ0) is 36.1. The first-order valence-electron chi connectivity index (χ1n) is 17.0. The van der Waals surface area contributed by atoms with Crippen molar-refractivity contribution < 1.29 is 32.2 Å². The number of ether oxygens (including phenoxy) is 2. The first-order valence-corrected chi connectivity index (χ1v) is 18.4. The topological polar surface area (TPSA) is 179 Å². The number of aryl methyl sites for hydroxylation is 2. The molecule has 13 nitrogen and oxygen atoms in total. The van der Waals surface area contributed by atoms with Gasteiger partial charge in [0, 0.05) is 49.4 Å². The molecule has 3 aromatic heterocycles. The van der Waals surface area contributed by atoms with Crippen molar-refractivity contribution in [3.63, 3.8) is 0 Å². The molecule has 51 heavy (non-hydrogen) atoms. The van der Waals surface area contributed by atoms with Crippen molar-refractivity contribution in [1.29, 1.82) is 0 Å². The molecule has 1 atom stereocenters. The summed E-state index contributed by atoms with van der Waals surface area (Å²) in [5, 5.41) is 13.0. The molecule has 268 valence electrons. The van der Waals surface area contributed by atoms with Gasteiger partial charge in [0.25, 0.3) is 10.0 Å². The first-order chi connectivity index (χ1) is 24.4. The number of aromatic nitrogens is 4. The van der Waals surface area contributed by atoms with Crippen LogP contribution in [0.2, 0.25) is 0 Å². The van der Waals surface area contributed by atoms with E-state index in [1.54, 1.807) is 12.3 Å². The van der Waals surface area contributed by atoms with Gasteiger partial charge in [0.1, 0.15) is 17.9 Å². The SMILES string of the molecule is Cc1cccc(C)c1-c1cc(OC[C@@H](CC2CCOCC2)NCc2cnc3oc(C(C)C)cc3n2)nc(NS(=O)(=O)c2cccc(C(=O)O)c2)n1. The maximum atomic E-state index is 13.4. The first kappa shape index (κ1) is 35.9. The molecule has 4 heterocycles. The highest BCUT2D eigenvalue weighted by Crippen LogP contribution is 2.30. The van der Waals surface area contributed by atoms with Crippen LogP contribution >= 0.6 is 0 Å². The summed E-state index contributed by atoms with van der Waals surface area (Å²) in [7, 11) is -4.25. The molecule has 3 N–H and O–H groups in total. The minimum absolute atomic E-state index is 0.112. The Kier molecular flexibility index (Phi) is 10.9. The van der Waals surface area contributed by atoms with E-state index in [0.29, 0.717) is 42.6 Å². The third-order valence-electron chi connectivity index (χ3n) is 8.90. The van der Waals surface area contributed by atoms with Crippen LogP contribution in [0.4, 0.5) is 5.95 Å². The van der Waals surface area contributed by atoms with E-state index in [1.807, 2.05) is 38.1 Å². The van der Waals surface area contributed by atoms with Crippen LogP contribution in [0, 0.1) is 19.8 Å². The number of fused-ring (bicyclic) bond motifs is 1. The Bertz CT molecular complexity index is 2110. The minimum Gasteiger partial charge on any atom is -0.478 e. The number of hydrogen-bond acceptors (Lipinski definition) is 11. The lowest BCUT2D eigenvalue weighted by Crippen LogP contribution is -2.37. The number of hydrogen-bond donors (Lipinski definition) is 3. The van der Waals surface area contributed by atoms with Crippen LogP contribution < -0.4 is 14.8 Å². The third kappa shape index (κ3) is 8.88. The van der Waals surface area contributed by atoms with Crippen LogP contribution in [0.1, 0.15) is 72.0 Å². The minimum atomic E-state index is -4.25.